The van der Waals surface area contributed by atoms with E-state index in [1.165, 1.54) is 0 Å². The van der Waals surface area contributed by atoms with Crippen LogP contribution in [0.1, 0.15) is 32.8 Å². The van der Waals surface area contributed by atoms with Gasteiger partial charge >= 0.3 is 0 Å². The lowest BCUT2D eigenvalue weighted by Gasteiger charge is -2.23. The lowest BCUT2D eigenvalue weighted by molar-refractivity contribution is -0.126. The number of ether oxygens (including phenoxy) is 1. The van der Waals surface area contributed by atoms with Gasteiger partial charge in [-0.3, -0.25) is 4.79 Å². The Balaban J connectivity index is 2.58. The highest BCUT2D eigenvalue weighted by atomic mass is 16.5. The SMILES string of the molecule is CCC(C)(C)OCC(=O)Nc1cccc(N)c1C. The maximum atomic E-state index is 11.8. The summed E-state index contributed by atoms with van der Waals surface area (Å²) in [4.78, 5) is 11.8. The summed E-state index contributed by atoms with van der Waals surface area (Å²) in [6.45, 7) is 7.88. The van der Waals surface area contributed by atoms with Crippen LogP contribution in [0.5, 0.6) is 0 Å². The van der Waals surface area contributed by atoms with Crippen LogP contribution >= 0.6 is 0 Å². The van der Waals surface area contributed by atoms with Crippen LogP contribution in [0, 0.1) is 6.92 Å². The molecule has 1 aromatic rings. The van der Waals surface area contributed by atoms with Crippen LogP contribution in [0.3, 0.4) is 0 Å². The topological polar surface area (TPSA) is 64.3 Å². The van der Waals surface area contributed by atoms with Crippen molar-refractivity contribution in [2.45, 2.75) is 39.7 Å². The number of carbonyl (C=O) groups is 1. The number of benzene rings is 1. The van der Waals surface area contributed by atoms with Crippen molar-refractivity contribution in [1.82, 2.24) is 0 Å². The number of anilines is 2. The first-order valence-corrected chi connectivity index (χ1v) is 6.14. The molecule has 1 amide bonds. The van der Waals surface area contributed by atoms with E-state index in [1.807, 2.05) is 45.9 Å². The average molecular weight is 250 g/mol. The summed E-state index contributed by atoms with van der Waals surface area (Å²) in [5.74, 6) is -0.162. The third kappa shape index (κ3) is 4.04. The van der Waals surface area contributed by atoms with Crippen LogP contribution < -0.4 is 11.1 Å². The first kappa shape index (κ1) is 14.5. The van der Waals surface area contributed by atoms with Gasteiger partial charge < -0.3 is 15.8 Å². The van der Waals surface area contributed by atoms with E-state index in [1.54, 1.807) is 0 Å². The summed E-state index contributed by atoms with van der Waals surface area (Å²) in [7, 11) is 0. The molecule has 0 heterocycles. The van der Waals surface area contributed by atoms with Crippen LogP contribution in [-0.4, -0.2) is 18.1 Å². The molecule has 0 atom stereocenters. The van der Waals surface area contributed by atoms with Crippen molar-refractivity contribution >= 4 is 17.3 Å². The molecule has 0 saturated carbocycles. The zero-order valence-electron chi connectivity index (χ0n) is 11.5. The van der Waals surface area contributed by atoms with E-state index in [9.17, 15) is 4.79 Å². The van der Waals surface area contributed by atoms with E-state index < -0.39 is 0 Å². The predicted octanol–water partition coefficient (Wildman–Crippen LogP) is 2.72. The molecule has 1 rings (SSSR count). The zero-order valence-corrected chi connectivity index (χ0v) is 11.5. The number of rotatable bonds is 5. The van der Waals surface area contributed by atoms with Crippen LogP contribution in [0.15, 0.2) is 18.2 Å². The summed E-state index contributed by atoms with van der Waals surface area (Å²) in [6, 6.07) is 5.45. The number of carbonyl (C=O) groups excluding carboxylic acids is 1. The molecule has 18 heavy (non-hydrogen) atoms. The van der Waals surface area contributed by atoms with E-state index in [0.717, 1.165) is 17.7 Å². The molecule has 4 heteroatoms. The second kappa shape index (κ2) is 5.87. The lowest BCUT2D eigenvalue weighted by atomic mass is 10.1. The normalized spacial score (nSPS) is 11.3. The highest BCUT2D eigenvalue weighted by Crippen LogP contribution is 2.20. The van der Waals surface area contributed by atoms with Gasteiger partial charge in [-0.1, -0.05) is 13.0 Å². The number of nitrogens with one attached hydrogen (secondary N) is 1. The Labute approximate surface area is 109 Å². The van der Waals surface area contributed by atoms with Crippen LogP contribution in [0.2, 0.25) is 0 Å². The molecule has 0 spiro atoms. The minimum absolute atomic E-state index is 0.0507. The molecule has 100 valence electrons. The molecule has 0 unspecified atom stereocenters. The molecule has 1 aromatic carbocycles. The van der Waals surface area contributed by atoms with Gasteiger partial charge in [0.2, 0.25) is 5.91 Å². The third-order valence-electron chi connectivity index (χ3n) is 3.10. The van der Waals surface area contributed by atoms with E-state index in [-0.39, 0.29) is 18.1 Å². The Bertz CT molecular complexity index is 428. The van der Waals surface area contributed by atoms with E-state index in [2.05, 4.69) is 5.32 Å². The Kier molecular flexibility index (Phi) is 4.73. The molecular weight excluding hydrogens is 228 g/mol. The van der Waals surface area contributed by atoms with Gasteiger partial charge in [-0.05, 0) is 44.9 Å². The van der Waals surface area contributed by atoms with Crippen LogP contribution in [0.4, 0.5) is 11.4 Å². The van der Waals surface area contributed by atoms with Gasteiger partial charge in [0.05, 0.1) is 5.60 Å². The van der Waals surface area contributed by atoms with Crippen molar-refractivity contribution in [1.29, 1.82) is 0 Å². The number of amides is 1. The highest BCUT2D eigenvalue weighted by molar-refractivity contribution is 5.93. The largest absolute Gasteiger partial charge is 0.398 e. The van der Waals surface area contributed by atoms with Gasteiger partial charge in [-0.2, -0.15) is 0 Å². The molecule has 3 N–H and O–H groups in total. The van der Waals surface area contributed by atoms with Crippen molar-refractivity contribution in [3.63, 3.8) is 0 Å². The monoisotopic (exact) mass is 250 g/mol. The van der Waals surface area contributed by atoms with Crippen LogP contribution in [0.25, 0.3) is 0 Å². The Morgan fingerprint density at radius 3 is 2.72 bits per heavy atom. The maximum Gasteiger partial charge on any atom is 0.250 e. The summed E-state index contributed by atoms with van der Waals surface area (Å²) >= 11 is 0. The van der Waals surface area contributed by atoms with E-state index in [4.69, 9.17) is 10.5 Å². The predicted molar refractivity (Wildman–Crippen MR) is 74.5 cm³/mol. The smallest absolute Gasteiger partial charge is 0.250 e. The summed E-state index contributed by atoms with van der Waals surface area (Å²) in [5, 5.41) is 2.80. The van der Waals surface area contributed by atoms with Crippen molar-refractivity contribution in [3.8, 4) is 0 Å². The molecule has 0 aliphatic rings. The molecule has 0 aliphatic carbocycles. The molecule has 4 nitrogen and oxygen atoms in total. The molecule has 0 fully saturated rings. The minimum Gasteiger partial charge on any atom is -0.398 e. The fourth-order valence-electron chi connectivity index (χ4n) is 1.34. The number of nitrogen functional groups attached to an aromatic ring is 1. The Hall–Kier alpha value is -1.55. The quantitative estimate of drug-likeness (QED) is 0.790. The van der Waals surface area contributed by atoms with Gasteiger partial charge in [0.1, 0.15) is 6.61 Å². The van der Waals surface area contributed by atoms with Crippen molar-refractivity contribution in [2.75, 3.05) is 17.7 Å². The van der Waals surface area contributed by atoms with Crippen molar-refractivity contribution in [2.24, 2.45) is 0 Å². The average Bonchev–Trinajstić information content (AvgIpc) is 2.33. The number of hydrogen-bond acceptors (Lipinski definition) is 3. The fourth-order valence-corrected chi connectivity index (χ4v) is 1.34. The molecule has 0 saturated heterocycles. The molecular formula is C14H22N2O2. The number of nitrogens with two attached hydrogens (primary N) is 1. The summed E-state index contributed by atoms with van der Waals surface area (Å²) in [6.07, 6.45) is 0.859. The van der Waals surface area contributed by atoms with E-state index in [0.29, 0.717) is 5.69 Å². The minimum atomic E-state index is -0.276. The maximum absolute atomic E-state index is 11.8. The first-order valence-electron chi connectivity index (χ1n) is 6.14. The van der Waals surface area contributed by atoms with Crippen molar-refractivity contribution < 1.29 is 9.53 Å². The molecule has 0 aromatic heterocycles. The van der Waals surface area contributed by atoms with Gasteiger partial charge in [-0.25, -0.2) is 0 Å². The second-order valence-corrected chi connectivity index (χ2v) is 4.97. The Morgan fingerprint density at radius 2 is 2.11 bits per heavy atom. The van der Waals surface area contributed by atoms with Crippen molar-refractivity contribution in [3.05, 3.63) is 23.8 Å². The standard InChI is InChI=1S/C14H22N2O2/c1-5-14(3,4)18-9-13(17)16-12-8-6-7-11(15)10(12)2/h6-8H,5,9,15H2,1-4H3,(H,16,17). The first-order chi connectivity index (χ1) is 8.35. The summed E-state index contributed by atoms with van der Waals surface area (Å²) < 4.78 is 5.54. The molecule has 0 bridgehead atoms. The van der Waals surface area contributed by atoms with Gasteiger partial charge in [0.15, 0.2) is 0 Å². The van der Waals surface area contributed by atoms with Gasteiger partial charge in [0.25, 0.3) is 0 Å². The fraction of sp³-hybridized carbons (Fsp3) is 0.500. The van der Waals surface area contributed by atoms with Gasteiger partial charge in [-0.15, -0.1) is 0 Å². The van der Waals surface area contributed by atoms with Crippen LogP contribution in [-0.2, 0) is 9.53 Å². The third-order valence-corrected chi connectivity index (χ3v) is 3.10. The zero-order chi connectivity index (χ0) is 13.8. The van der Waals surface area contributed by atoms with Gasteiger partial charge in [0, 0.05) is 11.4 Å². The Morgan fingerprint density at radius 1 is 1.44 bits per heavy atom. The highest BCUT2D eigenvalue weighted by Gasteiger charge is 2.17. The number of hydrogen-bond donors (Lipinski definition) is 2. The van der Waals surface area contributed by atoms with E-state index >= 15 is 0 Å². The lowest BCUT2D eigenvalue weighted by Crippen LogP contribution is -2.29. The molecule has 0 aliphatic heterocycles. The summed E-state index contributed by atoms with van der Waals surface area (Å²) in [5.41, 5.74) is 7.78. The second-order valence-electron chi connectivity index (χ2n) is 4.97. The molecule has 0 radical (unpaired) electrons.